The number of halogens is 2. The van der Waals surface area contributed by atoms with Crippen molar-refractivity contribution in [1.29, 1.82) is 0 Å². The van der Waals surface area contributed by atoms with E-state index in [2.05, 4.69) is 56.1 Å². The number of rotatable bonds is 6. The molecular formula is C11H17Br2NS. The molecular weight excluding hydrogens is 338 g/mol. The fraction of sp³-hybridized carbons (Fsp3) is 0.727. The normalized spacial score (nSPS) is 12.0. The van der Waals surface area contributed by atoms with Gasteiger partial charge in [0.25, 0.3) is 0 Å². The Bertz CT molecular complexity index is 295. The van der Waals surface area contributed by atoms with Crippen LogP contribution in [-0.4, -0.2) is 15.6 Å². The van der Waals surface area contributed by atoms with E-state index in [9.17, 15) is 0 Å². The molecule has 0 bridgehead atoms. The van der Waals surface area contributed by atoms with Crippen molar-refractivity contribution in [1.82, 2.24) is 4.98 Å². The maximum absolute atomic E-state index is 4.55. The van der Waals surface area contributed by atoms with Gasteiger partial charge in [-0.2, -0.15) is 0 Å². The van der Waals surface area contributed by atoms with Gasteiger partial charge in [0.2, 0.25) is 0 Å². The minimum atomic E-state index is 0.329. The topological polar surface area (TPSA) is 12.9 Å². The molecule has 86 valence electrons. The van der Waals surface area contributed by atoms with Crippen LogP contribution in [0.25, 0.3) is 0 Å². The van der Waals surface area contributed by atoms with Gasteiger partial charge >= 0.3 is 0 Å². The molecule has 0 radical (unpaired) electrons. The number of aromatic nitrogens is 1. The van der Waals surface area contributed by atoms with Gasteiger partial charge in [-0.3, -0.25) is 0 Å². The highest BCUT2D eigenvalue weighted by Crippen LogP contribution is 2.33. The Morgan fingerprint density at radius 2 is 2.07 bits per heavy atom. The standard InChI is InChI=1S/C11H17Br2NS/c1-3-4-11(7-12,8-13)5-10-6-15-9(2)14-10/h6H,3-5,7-8H2,1-2H3. The summed E-state index contributed by atoms with van der Waals surface area (Å²) in [6, 6.07) is 0. The van der Waals surface area contributed by atoms with Crippen LogP contribution in [0.3, 0.4) is 0 Å². The third-order valence-electron chi connectivity index (χ3n) is 2.57. The zero-order valence-corrected chi connectivity index (χ0v) is 13.2. The lowest BCUT2D eigenvalue weighted by Crippen LogP contribution is -2.27. The van der Waals surface area contributed by atoms with E-state index in [4.69, 9.17) is 0 Å². The first-order valence-electron chi connectivity index (χ1n) is 5.19. The van der Waals surface area contributed by atoms with Gasteiger partial charge in [0.1, 0.15) is 0 Å². The predicted octanol–water partition coefficient (Wildman–Crippen LogP) is 4.57. The van der Waals surface area contributed by atoms with Crippen LogP contribution in [0, 0.1) is 12.3 Å². The summed E-state index contributed by atoms with van der Waals surface area (Å²) >= 11 is 9.03. The summed E-state index contributed by atoms with van der Waals surface area (Å²) in [5, 5.41) is 5.43. The van der Waals surface area contributed by atoms with Crippen LogP contribution in [0.1, 0.15) is 30.5 Å². The van der Waals surface area contributed by atoms with Crippen molar-refractivity contribution in [3.63, 3.8) is 0 Å². The first kappa shape index (κ1) is 13.7. The van der Waals surface area contributed by atoms with E-state index in [1.54, 1.807) is 11.3 Å². The number of alkyl halides is 2. The van der Waals surface area contributed by atoms with Crippen LogP contribution in [0.5, 0.6) is 0 Å². The minimum absolute atomic E-state index is 0.329. The Morgan fingerprint density at radius 1 is 1.40 bits per heavy atom. The van der Waals surface area contributed by atoms with Crippen LogP contribution in [0.2, 0.25) is 0 Å². The monoisotopic (exact) mass is 353 g/mol. The van der Waals surface area contributed by atoms with Gasteiger partial charge in [0.15, 0.2) is 0 Å². The van der Waals surface area contributed by atoms with Gasteiger partial charge in [-0.1, -0.05) is 45.2 Å². The molecule has 0 aliphatic carbocycles. The zero-order chi connectivity index (χ0) is 11.3. The SMILES string of the molecule is CCCC(CBr)(CBr)Cc1csc(C)n1. The maximum atomic E-state index is 4.55. The number of hydrogen-bond donors (Lipinski definition) is 0. The molecule has 0 aliphatic rings. The summed E-state index contributed by atoms with van der Waals surface area (Å²) in [6.45, 7) is 4.31. The molecule has 0 saturated heterocycles. The van der Waals surface area contributed by atoms with E-state index in [-0.39, 0.29) is 0 Å². The second-order valence-corrected chi connectivity index (χ2v) is 6.24. The van der Waals surface area contributed by atoms with Crippen LogP contribution < -0.4 is 0 Å². The van der Waals surface area contributed by atoms with Gasteiger partial charge in [0, 0.05) is 16.0 Å². The lowest BCUT2D eigenvalue weighted by Gasteiger charge is -2.28. The fourth-order valence-corrected chi connectivity index (χ4v) is 4.25. The third kappa shape index (κ3) is 3.82. The molecule has 0 N–H and O–H groups in total. The molecule has 4 heteroatoms. The summed E-state index contributed by atoms with van der Waals surface area (Å²) in [6.07, 6.45) is 3.53. The summed E-state index contributed by atoms with van der Waals surface area (Å²) < 4.78 is 0. The van der Waals surface area contributed by atoms with Gasteiger partial charge in [-0.15, -0.1) is 11.3 Å². The second-order valence-electron chi connectivity index (χ2n) is 4.05. The van der Waals surface area contributed by atoms with E-state index < -0.39 is 0 Å². The Kier molecular flexibility index (Phi) is 5.79. The molecule has 15 heavy (non-hydrogen) atoms. The van der Waals surface area contributed by atoms with E-state index >= 15 is 0 Å². The molecule has 0 amide bonds. The van der Waals surface area contributed by atoms with Crippen molar-refractivity contribution in [3.8, 4) is 0 Å². The largest absolute Gasteiger partial charge is 0.247 e. The van der Waals surface area contributed by atoms with E-state index in [0.29, 0.717) is 5.41 Å². The average Bonchev–Trinajstić information content (AvgIpc) is 2.63. The molecule has 0 unspecified atom stereocenters. The quantitative estimate of drug-likeness (QED) is 0.682. The van der Waals surface area contributed by atoms with Crippen LogP contribution in [0.15, 0.2) is 5.38 Å². The lowest BCUT2D eigenvalue weighted by atomic mass is 9.83. The Morgan fingerprint density at radius 3 is 2.47 bits per heavy atom. The molecule has 0 spiro atoms. The minimum Gasteiger partial charge on any atom is -0.247 e. The number of nitrogens with zero attached hydrogens (tertiary/aromatic N) is 1. The summed E-state index contributed by atoms with van der Waals surface area (Å²) in [5.74, 6) is 0. The van der Waals surface area contributed by atoms with E-state index in [0.717, 1.165) is 17.1 Å². The number of thiazole rings is 1. The maximum Gasteiger partial charge on any atom is 0.0897 e. The second kappa shape index (κ2) is 6.36. The summed E-state index contributed by atoms with van der Waals surface area (Å²) in [5.41, 5.74) is 1.57. The van der Waals surface area contributed by atoms with Crippen LogP contribution >= 0.6 is 43.2 Å². The molecule has 1 aromatic heterocycles. The molecule has 1 aromatic rings. The fourth-order valence-electron chi connectivity index (χ4n) is 1.76. The Balaban J connectivity index is 2.73. The van der Waals surface area contributed by atoms with Crippen molar-refractivity contribution in [2.45, 2.75) is 33.1 Å². The molecule has 0 atom stereocenters. The van der Waals surface area contributed by atoms with Crippen molar-refractivity contribution >= 4 is 43.2 Å². The molecule has 0 aromatic carbocycles. The molecule has 0 aliphatic heterocycles. The highest BCUT2D eigenvalue weighted by molar-refractivity contribution is 9.09. The van der Waals surface area contributed by atoms with Gasteiger partial charge in [0.05, 0.1) is 10.7 Å². The smallest absolute Gasteiger partial charge is 0.0897 e. The first-order chi connectivity index (χ1) is 7.15. The number of hydrogen-bond acceptors (Lipinski definition) is 2. The first-order valence-corrected chi connectivity index (χ1v) is 8.31. The van der Waals surface area contributed by atoms with E-state index in [1.165, 1.54) is 23.5 Å². The molecule has 1 nitrogen and oxygen atoms in total. The lowest BCUT2D eigenvalue weighted by molar-refractivity contribution is 0.349. The predicted molar refractivity (Wildman–Crippen MR) is 75.5 cm³/mol. The molecule has 0 fully saturated rings. The molecule has 1 heterocycles. The number of aryl methyl sites for hydroxylation is 1. The molecule has 0 saturated carbocycles. The highest BCUT2D eigenvalue weighted by atomic mass is 79.9. The van der Waals surface area contributed by atoms with Gasteiger partial charge < -0.3 is 0 Å². The van der Waals surface area contributed by atoms with E-state index in [1.807, 2.05) is 0 Å². The summed E-state index contributed by atoms with van der Waals surface area (Å²) in [4.78, 5) is 4.55. The zero-order valence-electron chi connectivity index (χ0n) is 9.22. The van der Waals surface area contributed by atoms with Crippen molar-refractivity contribution in [2.75, 3.05) is 10.7 Å². The summed E-state index contributed by atoms with van der Waals surface area (Å²) in [7, 11) is 0. The highest BCUT2D eigenvalue weighted by Gasteiger charge is 2.28. The Labute approximate surface area is 113 Å². The average molecular weight is 355 g/mol. The Hall–Kier alpha value is 0.590. The van der Waals surface area contributed by atoms with Crippen molar-refractivity contribution in [2.24, 2.45) is 5.41 Å². The van der Waals surface area contributed by atoms with Crippen molar-refractivity contribution < 1.29 is 0 Å². The van der Waals surface area contributed by atoms with Gasteiger partial charge in [-0.25, -0.2) is 4.98 Å². The van der Waals surface area contributed by atoms with Crippen LogP contribution in [0.4, 0.5) is 0 Å². The van der Waals surface area contributed by atoms with Crippen LogP contribution in [-0.2, 0) is 6.42 Å². The van der Waals surface area contributed by atoms with Gasteiger partial charge in [-0.05, 0) is 25.2 Å². The van der Waals surface area contributed by atoms with Crippen molar-refractivity contribution in [3.05, 3.63) is 16.1 Å². The molecule has 1 rings (SSSR count). The third-order valence-corrected chi connectivity index (χ3v) is 5.77.